The molecule has 1 N–H and O–H groups in total. The lowest BCUT2D eigenvalue weighted by atomic mass is 10.0. The minimum atomic E-state index is -3.14. The van der Waals surface area contributed by atoms with Crippen molar-refractivity contribution in [1.29, 1.82) is 0 Å². The Morgan fingerprint density at radius 2 is 2.06 bits per heavy atom. The molecule has 32 heavy (non-hydrogen) atoms. The Labute approximate surface area is 187 Å². The van der Waals surface area contributed by atoms with E-state index in [1.54, 1.807) is 35.9 Å². The third-order valence-electron chi connectivity index (χ3n) is 5.85. The van der Waals surface area contributed by atoms with Crippen molar-refractivity contribution in [2.45, 2.75) is 45.6 Å². The lowest BCUT2D eigenvalue weighted by Crippen LogP contribution is -2.25. The van der Waals surface area contributed by atoms with E-state index in [1.807, 2.05) is 0 Å². The number of hydrogen-bond donors (Lipinski definition) is 1. The number of rotatable bonds is 7. The normalized spacial score (nSPS) is 17.7. The van der Waals surface area contributed by atoms with E-state index in [2.05, 4.69) is 22.3 Å². The molecule has 1 aromatic carbocycles. The van der Waals surface area contributed by atoms with Crippen LogP contribution in [0.1, 0.15) is 54.7 Å². The van der Waals surface area contributed by atoms with Gasteiger partial charge in [-0.25, -0.2) is 22.5 Å². The Hall–Kier alpha value is -2.81. The summed E-state index contributed by atoms with van der Waals surface area (Å²) in [6.45, 7) is 4.41. The van der Waals surface area contributed by atoms with Crippen molar-refractivity contribution in [3.63, 3.8) is 0 Å². The van der Waals surface area contributed by atoms with E-state index < -0.39 is 15.7 Å². The van der Waals surface area contributed by atoms with Gasteiger partial charge in [-0.1, -0.05) is 31.9 Å². The van der Waals surface area contributed by atoms with Gasteiger partial charge in [0, 0.05) is 12.1 Å². The van der Waals surface area contributed by atoms with Crippen molar-refractivity contribution in [2.75, 3.05) is 18.1 Å². The maximum Gasteiger partial charge on any atom is 0.252 e. The number of benzene rings is 1. The number of fused-ring (bicyclic) bond motifs is 1. The topological polar surface area (TPSA) is 93.9 Å². The monoisotopic (exact) mass is 458 g/mol. The van der Waals surface area contributed by atoms with E-state index in [-0.39, 0.29) is 29.0 Å². The van der Waals surface area contributed by atoms with E-state index >= 15 is 0 Å². The second-order valence-corrected chi connectivity index (χ2v) is 10.5. The number of aryl methyl sites for hydroxylation is 1. The molecule has 1 unspecified atom stereocenters. The minimum Gasteiger partial charge on any atom is -0.352 e. The molecule has 1 atom stereocenters. The summed E-state index contributed by atoms with van der Waals surface area (Å²) >= 11 is 0. The fourth-order valence-corrected chi connectivity index (χ4v) is 5.89. The molecule has 3 aromatic rings. The Morgan fingerprint density at radius 3 is 2.75 bits per heavy atom. The van der Waals surface area contributed by atoms with Crippen molar-refractivity contribution < 1.29 is 17.6 Å². The number of nitrogens with one attached hydrogen (secondary N) is 1. The summed E-state index contributed by atoms with van der Waals surface area (Å²) in [6.07, 6.45) is 3.36. The molecule has 1 fully saturated rings. The zero-order valence-corrected chi connectivity index (χ0v) is 19.1. The molecule has 0 saturated carbocycles. The van der Waals surface area contributed by atoms with Crippen LogP contribution < -0.4 is 5.32 Å². The number of hydrogen-bond acceptors (Lipinski definition) is 5. The fourth-order valence-electron chi connectivity index (χ4n) is 4.19. The van der Waals surface area contributed by atoms with Crippen molar-refractivity contribution in [1.82, 2.24) is 20.1 Å². The van der Waals surface area contributed by atoms with Crippen LogP contribution in [-0.2, 0) is 9.84 Å². The van der Waals surface area contributed by atoms with Crippen LogP contribution in [0.25, 0.3) is 22.3 Å². The van der Waals surface area contributed by atoms with Gasteiger partial charge < -0.3 is 5.32 Å². The molecule has 170 valence electrons. The SMILES string of the molecule is CCCCCNC(=O)c1cc(-c2ccccc2F)nc2c1c(C)nn2C1CCS(=O)(=O)C1. The highest BCUT2D eigenvalue weighted by molar-refractivity contribution is 7.91. The number of carbonyl (C=O) groups excluding carboxylic acids is 1. The van der Waals surface area contributed by atoms with E-state index in [9.17, 15) is 17.6 Å². The first kappa shape index (κ1) is 22.4. The summed E-state index contributed by atoms with van der Waals surface area (Å²) in [5, 5.41) is 8.08. The van der Waals surface area contributed by atoms with Gasteiger partial charge in [-0.15, -0.1) is 0 Å². The number of aromatic nitrogens is 3. The zero-order valence-electron chi connectivity index (χ0n) is 18.3. The Kier molecular flexibility index (Phi) is 6.28. The number of carbonyl (C=O) groups is 1. The van der Waals surface area contributed by atoms with Crippen LogP contribution in [0, 0.1) is 12.7 Å². The van der Waals surface area contributed by atoms with Gasteiger partial charge >= 0.3 is 0 Å². The first-order valence-corrected chi connectivity index (χ1v) is 12.8. The van der Waals surface area contributed by atoms with Crippen molar-refractivity contribution in [3.8, 4) is 11.3 Å². The molecule has 0 spiro atoms. The Balaban J connectivity index is 1.85. The van der Waals surface area contributed by atoms with Crippen LogP contribution in [0.15, 0.2) is 30.3 Å². The predicted molar refractivity (Wildman–Crippen MR) is 122 cm³/mol. The predicted octanol–water partition coefficient (Wildman–Crippen LogP) is 3.83. The number of nitrogens with zero attached hydrogens (tertiary/aromatic N) is 3. The third-order valence-corrected chi connectivity index (χ3v) is 7.60. The van der Waals surface area contributed by atoms with Crippen molar-refractivity contribution in [3.05, 3.63) is 47.4 Å². The van der Waals surface area contributed by atoms with Crippen molar-refractivity contribution >= 4 is 26.8 Å². The molecular formula is C23H27FN4O3S. The first-order valence-electron chi connectivity index (χ1n) is 10.9. The van der Waals surface area contributed by atoms with Crippen LogP contribution in [0.3, 0.4) is 0 Å². The summed E-state index contributed by atoms with van der Waals surface area (Å²) in [4.78, 5) is 17.8. The lowest BCUT2D eigenvalue weighted by Gasteiger charge is -2.12. The Morgan fingerprint density at radius 1 is 1.28 bits per heavy atom. The van der Waals surface area contributed by atoms with Gasteiger partial charge in [0.2, 0.25) is 0 Å². The van der Waals surface area contributed by atoms with Gasteiger partial charge in [-0.3, -0.25) is 4.79 Å². The van der Waals surface area contributed by atoms with Crippen LogP contribution in [-0.4, -0.2) is 47.1 Å². The largest absolute Gasteiger partial charge is 0.352 e. The van der Waals surface area contributed by atoms with Crippen LogP contribution in [0.2, 0.25) is 0 Å². The number of unbranched alkanes of at least 4 members (excludes halogenated alkanes) is 2. The van der Waals surface area contributed by atoms with Gasteiger partial charge in [0.15, 0.2) is 15.5 Å². The van der Waals surface area contributed by atoms with Crippen LogP contribution >= 0.6 is 0 Å². The maximum absolute atomic E-state index is 14.6. The first-order chi connectivity index (χ1) is 15.3. The second-order valence-electron chi connectivity index (χ2n) is 8.28. The van der Waals surface area contributed by atoms with Gasteiger partial charge in [0.25, 0.3) is 5.91 Å². The number of sulfone groups is 1. The highest BCUT2D eigenvalue weighted by Gasteiger charge is 2.32. The zero-order chi connectivity index (χ0) is 22.9. The van der Waals surface area contributed by atoms with Gasteiger partial charge in [-0.2, -0.15) is 5.10 Å². The summed E-state index contributed by atoms with van der Waals surface area (Å²) in [6, 6.07) is 7.50. The number of amides is 1. The summed E-state index contributed by atoms with van der Waals surface area (Å²) < 4.78 is 40.3. The molecular weight excluding hydrogens is 431 g/mol. The molecule has 1 saturated heterocycles. The number of halogens is 1. The molecule has 0 radical (unpaired) electrons. The third kappa shape index (κ3) is 4.39. The van der Waals surface area contributed by atoms with Crippen molar-refractivity contribution in [2.24, 2.45) is 0 Å². The second kappa shape index (κ2) is 8.97. The van der Waals surface area contributed by atoms with E-state index in [0.29, 0.717) is 41.0 Å². The standard InChI is InChI=1S/C23H27FN4O3S/c1-3-4-7-11-25-23(29)18-13-20(17-8-5-6-9-19(17)24)26-22-21(18)15(2)27-28(22)16-10-12-32(30,31)14-16/h5-6,8-9,13,16H,3-4,7,10-12,14H2,1-2H3,(H,25,29). The molecule has 7 nitrogen and oxygen atoms in total. The van der Waals surface area contributed by atoms with E-state index in [1.165, 1.54) is 6.07 Å². The fraction of sp³-hybridized carbons (Fsp3) is 0.435. The van der Waals surface area contributed by atoms with Gasteiger partial charge in [0.1, 0.15) is 5.82 Å². The summed E-state index contributed by atoms with van der Waals surface area (Å²) in [5.74, 6) is -0.642. The van der Waals surface area contributed by atoms with Gasteiger partial charge in [-0.05, 0) is 38.0 Å². The molecule has 4 rings (SSSR count). The number of pyridine rings is 1. The molecule has 1 aliphatic rings. The molecule has 1 aliphatic heterocycles. The van der Waals surface area contributed by atoms with Crippen LogP contribution in [0.5, 0.6) is 0 Å². The summed E-state index contributed by atoms with van der Waals surface area (Å²) in [5.41, 5.74) is 1.96. The highest BCUT2D eigenvalue weighted by Crippen LogP contribution is 2.32. The van der Waals surface area contributed by atoms with E-state index in [4.69, 9.17) is 0 Å². The summed E-state index contributed by atoms with van der Waals surface area (Å²) in [7, 11) is -3.14. The average Bonchev–Trinajstić information content (AvgIpc) is 3.29. The van der Waals surface area contributed by atoms with Crippen LogP contribution in [0.4, 0.5) is 4.39 Å². The smallest absolute Gasteiger partial charge is 0.252 e. The Bertz CT molecular complexity index is 1270. The molecule has 1 amide bonds. The molecule has 0 aliphatic carbocycles. The van der Waals surface area contributed by atoms with E-state index in [0.717, 1.165) is 19.3 Å². The molecule has 9 heteroatoms. The quantitative estimate of drug-likeness (QED) is 0.543. The minimum absolute atomic E-state index is 0.0205. The maximum atomic E-state index is 14.6. The molecule has 0 bridgehead atoms. The lowest BCUT2D eigenvalue weighted by molar-refractivity contribution is 0.0954. The molecule has 3 heterocycles. The highest BCUT2D eigenvalue weighted by atomic mass is 32.2. The average molecular weight is 459 g/mol. The molecule has 2 aromatic heterocycles. The van der Waals surface area contributed by atoms with Gasteiger partial charge in [0.05, 0.1) is 39.9 Å².